The second-order valence-corrected chi connectivity index (χ2v) is 6.69. The van der Waals surface area contributed by atoms with Crippen LogP contribution in [0.3, 0.4) is 0 Å². The van der Waals surface area contributed by atoms with E-state index in [-0.39, 0.29) is 12.0 Å². The Kier molecular flexibility index (Phi) is 5.35. The average Bonchev–Trinajstić information content (AvgIpc) is 3.15. The van der Waals surface area contributed by atoms with Crippen molar-refractivity contribution in [2.75, 3.05) is 0 Å². The minimum Gasteiger partial charge on any atom is -0.504 e. The molecule has 0 saturated carbocycles. The van der Waals surface area contributed by atoms with Crippen LogP contribution in [-0.4, -0.2) is 19.3 Å². The van der Waals surface area contributed by atoms with Gasteiger partial charge in [0.2, 0.25) is 0 Å². The van der Waals surface area contributed by atoms with Crippen LogP contribution in [0, 0.1) is 0 Å². The van der Waals surface area contributed by atoms with Gasteiger partial charge in [0.05, 0.1) is 6.04 Å². The zero-order valence-corrected chi connectivity index (χ0v) is 15.6. The summed E-state index contributed by atoms with van der Waals surface area (Å²) >= 11 is 0. The monoisotopic (exact) mass is 369 g/mol. The molecule has 3 aromatic carbocycles. The number of hydrogen-bond acceptors (Lipinski definition) is 4. The van der Waals surface area contributed by atoms with Gasteiger partial charge >= 0.3 is 13.1 Å². The lowest BCUT2D eigenvalue weighted by atomic mass is 9.76. The zero-order chi connectivity index (χ0) is 19.3. The van der Waals surface area contributed by atoms with Gasteiger partial charge in [0.15, 0.2) is 6.10 Å². The molecule has 5 heteroatoms. The van der Waals surface area contributed by atoms with Gasteiger partial charge < -0.3 is 9.31 Å². The molecule has 1 heterocycles. The number of hydrogen-bond donors (Lipinski definition) is 0. The van der Waals surface area contributed by atoms with E-state index in [0.29, 0.717) is 0 Å². The average molecular weight is 369 g/mol. The van der Waals surface area contributed by atoms with Crippen LogP contribution in [0.15, 0.2) is 89.9 Å². The van der Waals surface area contributed by atoms with Crippen molar-refractivity contribution in [3.63, 3.8) is 0 Å². The van der Waals surface area contributed by atoms with Crippen LogP contribution in [0.5, 0.6) is 0 Å². The van der Waals surface area contributed by atoms with Crippen molar-refractivity contribution in [1.82, 2.24) is 0 Å². The molecule has 0 aromatic heterocycles. The van der Waals surface area contributed by atoms with E-state index in [9.17, 15) is 4.79 Å². The van der Waals surface area contributed by atoms with Crippen molar-refractivity contribution < 1.29 is 14.1 Å². The van der Waals surface area contributed by atoms with E-state index in [4.69, 9.17) is 9.31 Å². The second-order valence-electron chi connectivity index (χ2n) is 6.69. The number of nitrogens with zero attached hydrogens (tertiary/aromatic N) is 1. The fraction of sp³-hybridized carbons (Fsp3) is 0.130. The molecule has 0 bridgehead atoms. The van der Waals surface area contributed by atoms with Crippen LogP contribution >= 0.6 is 0 Å². The smallest absolute Gasteiger partial charge is 0.504 e. The molecule has 4 nitrogen and oxygen atoms in total. The van der Waals surface area contributed by atoms with E-state index in [1.165, 1.54) is 0 Å². The van der Waals surface area contributed by atoms with Crippen molar-refractivity contribution in [2.24, 2.45) is 4.99 Å². The van der Waals surface area contributed by atoms with Crippen molar-refractivity contribution in [3.05, 3.63) is 102 Å². The van der Waals surface area contributed by atoms with Gasteiger partial charge in [-0.15, -0.1) is 0 Å². The van der Waals surface area contributed by atoms with E-state index in [0.717, 1.165) is 22.2 Å². The molecule has 0 radical (unpaired) electrons. The highest BCUT2D eigenvalue weighted by Crippen LogP contribution is 2.26. The maximum atomic E-state index is 12.3. The summed E-state index contributed by atoms with van der Waals surface area (Å²) < 4.78 is 11.5. The summed E-state index contributed by atoms with van der Waals surface area (Å²) in [6, 6.07) is 27.2. The van der Waals surface area contributed by atoms with Crippen molar-refractivity contribution in [2.45, 2.75) is 19.1 Å². The summed E-state index contributed by atoms with van der Waals surface area (Å²) in [6.45, 7) is 2.05. The van der Waals surface area contributed by atoms with Gasteiger partial charge in [-0.2, -0.15) is 0 Å². The van der Waals surface area contributed by atoms with Crippen molar-refractivity contribution in [1.29, 1.82) is 0 Å². The summed E-state index contributed by atoms with van der Waals surface area (Å²) in [5.41, 5.74) is 3.60. The Morgan fingerprint density at radius 3 is 2.32 bits per heavy atom. The number of carbonyl (C=O) groups is 1. The molecular weight excluding hydrogens is 349 g/mol. The highest BCUT2D eigenvalue weighted by molar-refractivity contribution is 6.65. The lowest BCUT2D eigenvalue weighted by molar-refractivity contribution is -0.136. The van der Waals surface area contributed by atoms with Crippen LogP contribution in [0.4, 0.5) is 0 Å². The Morgan fingerprint density at radius 2 is 1.57 bits per heavy atom. The molecule has 0 spiro atoms. The molecule has 0 aliphatic carbocycles. The minimum absolute atomic E-state index is 0.0263. The van der Waals surface area contributed by atoms with Crippen LogP contribution in [-0.2, 0) is 14.1 Å². The molecule has 4 rings (SSSR count). The fourth-order valence-corrected chi connectivity index (χ4v) is 3.21. The van der Waals surface area contributed by atoms with Gasteiger partial charge in [-0.3, -0.25) is 9.79 Å². The third kappa shape index (κ3) is 3.90. The normalized spacial score (nSPS) is 17.7. The number of carbonyl (C=O) groups excluding carboxylic acids is 1. The molecule has 138 valence electrons. The first-order valence-electron chi connectivity index (χ1n) is 9.30. The lowest BCUT2D eigenvalue weighted by Gasteiger charge is -2.10. The zero-order valence-electron chi connectivity index (χ0n) is 15.6. The molecule has 1 aliphatic rings. The molecule has 3 aromatic rings. The summed E-state index contributed by atoms with van der Waals surface area (Å²) in [5.74, 6) is -0.374. The second kappa shape index (κ2) is 8.23. The first kappa shape index (κ1) is 18.2. The Balaban J connectivity index is 1.55. The molecule has 1 fully saturated rings. The van der Waals surface area contributed by atoms with Crippen LogP contribution in [0.1, 0.15) is 35.8 Å². The molecule has 1 saturated heterocycles. The van der Waals surface area contributed by atoms with E-state index in [1.54, 1.807) is 0 Å². The van der Waals surface area contributed by atoms with Gasteiger partial charge in [-0.1, -0.05) is 84.9 Å². The molecule has 28 heavy (non-hydrogen) atoms. The van der Waals surface area contributed by atoms with E-state index < -0.39 is 13.2 Å². The quantitative estimate of drug-likeness (QED) is 0.507. The predicted octanol–water partition coefficient (Wildman–Crippen LogP) is 3.88. The molecule has 2 atom stereocenters. The lowest BCUT2D eigenvalue weighted by Crippen LogP contribution is -2.35. The first-order valence-corrected chi connectivity index (χ1v) is 9.30. The summed E-state index contributed by atoms with van der Waals surface area (Å²) in [5, 5.41) is 0. The first-order chi connectivity index (χ1) is 13.7. The summed E-state index contributed by atoms with van der Waals surface area (Å²) in [7, 11) is -0.743. The standard InChI is InChI=1S/C23H20BNO3/c1-17(18-10-4-2-5-11-18)25-16-20-14-8-9-15-21(20)24-27-22(23(26)28-24)19-12-6-3-7-13-19/h2-17,22H,1H3/t17-,22+/m1/s1. The van der Waals surface area contributed by atoms with Gasteiger partial charge in [-0.25, -0.2) is 0 Å². The number of benzene rings is 3. The van der Waals surface area contributed by atoms with Crippen LogP contribution < -0.4 is 5.46 Å². The minimum atomic E-state index is -0.743. The highest BCUT2D eigenvalue weighted by atomic mass is 16.7. The third-order valence-electron chi connectivity index (χ3n) is 4.77. The Hall–Kier alpha value is -3.18. The van der Waals surface area contributed by atoms with E-state index >= 15 is 0 Å². The molecule has 0 unspecified atom stereocenters. The topological polar surface area (TPSA) is 47.9 Å². The predicted molar refractivity (Wildman–Crippen MR) is 111 cm³/mol. The largest absolute Gasteiger partial charge is 0.566 e. The van der Waals surface area contributed by atoms with Gasteiger partial charge in [-0.05, 0) is 23.6 Å². The molecule has 0 N–H and O–H groups in total. The molecule has 1 aliphatic heterocycles. The van der Waals surface area contributed by atoms with E-state index in [1.807, 2.05) is 85.9 Å². The summed E-state index contributed by atoms with van der Waals surface area (Å²) in [4.78, 5) is 17.0. The maximum absolute atomic E-state index is 12.3. The molecule has 0 amide bonds. The highest BCUT2D eigenvalue weighted by Gasteiger charge is 2.42. The van der Waals surface area contributed by atoms with Gasteiger partial charge in [0.1, 0.15) is 0 Å². The number of aliphatic imine (C=N–C) groups is 1. The van der Waals surface area contributed by atoms with E-state index in [2.05, 4.69) is 17.1 Å². The van der Waals surface area contributed by atoms with Crippen LogP contribution in [0.25, 0.3) is 0 Å². The Labute approximate surface area is 165 Å². The van der Waals surface area contributed by atoms with Crippen molar-refractivity contribution >= 4 is 24.8 Å². The van der Waals surface area contributed by atoms with Crippen LogP contribution in [0.2, 0.25) is 0 Å². The van der Waals surface area contributed by atoms with Crippen molar-refractivity contribution in [3.8, 4) is 0 Å². The number of rotatable bonds is 5. The Morgan fingerprint density at radius 1 is 0.929 bits per heavy atom. The SMILES string of the molecule is C[C@@H](N=Cc1ccccc1B1OC(=O)[C@H](c2ccccc2)O1)c1ccccc1. The van der Waals surface area contributed by atoms with Gasteiger partial charge in [0, 0.05) is 11.7 Å². The third-order valence-corrected chi connectivity index (χ3v) is 4.77. The summed E-state index contributed by atoms with van der Waals surface area (Å²) in [6.07, 6.45) is 1.11. The maximum Gasteiger partial charge on any atom is 0.566 e. The van der Waals surface area contributed by atoms with Gasteiger partial charge in [0.25, 0.3) is 0 Å². The Bertz CT molecular complexity index is 975. The fourth-order valence-electron chi connectivity index (χ4n) is 3.21. The molecular formula is C23H20BNO3.